The van der Waals surface area contributed by atoms with Crippen LogP contribution in [0.15, 0.2) is 35.5 Å². The summed E-state index contributed by atoms with van der Waals surface area (Å²) in [7, 11) is -4.03. The first kappa shape index (κ1) is 18.6. The number of hydrogen-bond acceptors (Lipinski definition) is 5. The third kappa shape index (κ3) is 3.67. The van der Waals surface area contributed by atoms with Gasteiger partial charge < -0.3 is 4.74 Å². The van der Waals surface area contributed by atoms with Crippen LogP contribution in [0.25, 0.3) is 5.65 Å². The Kier molecular flexibility index (Phi) is 4.91. The van der Waals surface area contributed by atoms with Gasteiger partial charge in [-0.15, -0.1) is 0 Å². The smallest absolute Gasteiger partial charge is 0.387 e. The molecular weight excluding hydrogens is 413 g/mol. The highest BCUT2D eigenvalue weighted by atomic mass is 35.5. The molecule has 0 atom stereocenters. The molecular formula is C14H10Cl2F2N4O3S. The normalized spacial score (nSPS) is 11.9. The van der Waals surface area contributed by atoms with Crippen molar-refractivity contribution in [3.63, 3.8) is 0 Å². The fraction of sp³-hybridized carbons (Fsp3) is 0.143. The molecule has 0 unspecified atom stereocenters. The molecule has 2 aromatic heterocycles. The van der Waals surface area contributed by atoms with E-state index >= 15 is 0 Å². The molecule has 0 aliphatic carbocycles. The summed E-state index contributed by atoms with van der Waals surface area (Å²) in [4.78, 5) is 3.82. The molecule has 1 aromatic carbocycles. The maximum Gasteiger partial charge on any atom is 0.387 e. The van der Waals surface area contributed by atoms with Crippen molar-refractivity contribution in [1.82, 2.24) is 14.6 Å². The quantitative estimate of drug-likeness (QED) is 0.676. The fourth-order valence-corrected chi connectivity index (χ4v) is 3.49. The van der Waals surface area contributed by atoms with Crippen LogP contribution in [0.3, 0.4) is 0 Å². The summed E-state index contributed by atoms with van der Waals surface area (Å²) in [6, 6.07) is 3.52. The summed E-state index contributed by atoms with van der Waals surface area (Å²) in [6.07, 6.45) is 2.37. The van der Waals surface area contributed by atoms with Crippen molar-refractivity contribution >= 4 is 44.6 Å². The average molecular weight is 423 g/mol. The lowest BCUT2D eigenvalue weighted by molar-refractivity contribution is -0.0497. The van der Waals surface area contributed by atoms with E-state index in [9.17, 15) is 17.2 Å². The number of aryl methyl sites for hydroxylation is 1. The molecule has 2 heterocycles. The third-order valence-electron chi connectivity index (χ3n) is 3.26. The Morgan fingerprint density at radius 3 is 2.69 bits per heavy atom. The van der Waals surface area contributed by atoms with Crippen molar-refractivity contribution in [2.75, 3.05) is 4.72 Å². The lowest BCUT2D eigenvalue weighted by Crippen LogP contribution is -2.14. The van der Waals surface area contributed by atoms with Gasteiger partial charge in [0.15, 0.2) is 5.65 Å². The van der Waals surface area contributed by atoms with Gasteiger partial charge >= 0.3 is 6.61 Å². The molecule has 0 aliphatic heterocycles. The van der Waals surface area contributed by atoms with Gasteiger partial charge in [-0.05, 0) is 25.1 Å². The Labute approximate surface area is 156 Å². The van der Waals surface area contributed by atoms with Gasteiger partial charge in [-0.3, -0.25) is 4.72 Å². The Bertz CT molecular complexity index is 1090. The van der Waals surface area contributed by atoms with E-state index in [1.54, 1.807) is 6.92 Å². The molecule has 0 aliphatic rings. The first-order chi connectivity index (χ1) is 12.2. The molecule has 0 radical (unpaired) electrons. The van der Waals surface area contributed by atoms with Crippen molar-refractivity contribution in [2.45, 2.75) is 18.4 Å². The summed E-state index contributed by atoms with van der Waals surface area (Å²) >= 11 is 11.8. The number of nitrogens with one attached hydrogen (secondary N) is 1. The molecule has 0 amide bonds. The number of hydrogen-bond donors (Lipinski definition) is 1. The Morgan fingerprint density at radius 2 is 2.04 bits per heavy atom. The van der Waals surface area contributed by atoms with Gasteiger partial charge in [0, 0.05) is 0 Å². The van der Waals surface area contributed by atoms with Crippen molar-refractivity contribution in [3.05, 3.63) is 46.3 Å². The topological polar surface area (TPSA) is 85.6 Å². The average Bonchev–Trinajstić information content (AvgIpc) is 2.83. The maximum atomic E-state index is 12.5. The predicted octanol–water partition coefficient (Wildman–Crippen LogP) is 3.75. The first-order valence-electron chi connectivity index (χ1n) is 6.95. The van der Waals surface area contributed by atoms with E-state index in [-0.39, 0.29) is 21.4 Å². The maximum absolute atomic E-state index is 12.5. The van der Waals surface area contributed by atoms with Crippen LogP contribution in [-0.2, 0) is 10.0 Å². The molecule has 7 nitrogen and oxygen atoms in total. The van der Waals surface area contributed by atoms with Crippen LogP contribution in [0.2, 0.25) is 10.0 Å². The standard InChI is InChI=1S/C14H10Cl2F2N4O3S/c1-7-12(16)13-19-5-9(6-22(13)20-7)26(23,24)21-8-2-3-11(10(15)4-8)25-14(17)18/h2-6,14,21H,1H3. The zero-order valence-corrected chi connectivity index (χ0v) is 15.3. The molecule has 1 N–H and O–H groups in total. The molecule has 0 saturated carbocycles. The molecule has 138 valence electrons. The molecule has 3 rings (SSSR count). The number of sulfonamides is 1. The number of alkyl halides is 2. The van der Waals surface area contributed by atoms with Gasteiger partial charge in [0.2, 0.25) is 0 Å². The SMILES string of the molecule is Cc1nn2cc(S(=O)(=O)Nc3ccc(OC(F)F)c(Cl)c3)cnc2c1Cl. The predicted molar refractivity (Wildman–Crippen MR) is 91.6 cm³/mol. The summed E-state index contributed by atoms with van der Waals surface area (Å²) in [6.45, 7) is -1.38. The van der Waals surface area contributed by atoms with Gasteiger partial charge in [-0.1, -0.05) is 23.2 Å². The van der Waals surface area contributed by atoms with Crippen LogP contribution in [0.5, 0.6) is 5.75 Å². The largest absolute Gasteiger partial charge is 0.433 e. The highest BCUT2D eigenvalue weighted by Crippen LogP contribution is 2.30. The van der Waals surface area contributed by atoms with Crippen molar-refractivity contribution in [3.8, 4) is 5.75 Å². The molecule has 12 heteroatoms. The first-order valence-corrected chi connectivity index (χ1v) is 9.19. The molecule has 0 spiro atoms. The van der Waals surface area contributed by atoms with Crippen LogP contribution in [-0.4, -0.2) is 29.6 Å². The Morgan fingerprint density at radius 1 is 1.31 bits per heavy atom. The van der Waals surface area contributed by atoms with E-state index in [1.165, 1.54) is 16.8 Å². The monoisotopic (exact) mass is 422 g/mol. The lowest BCUT2D eigenvalue weighted by atomic mass is 10.3. The van der Waals surface area contributed by atoms with Crippen LogP contribution < -0.4 is 9.46 Å². The van der Waals surface area contributed by atoms with E-state index < -0.39 is 16.6 Å². The number of benzene rings is 1. The Hall–Kier alpha value is -2.17. The fourth-order valence-electron chi connectivity index (χ4n) is 2.11. The van der Waals surface area contributed by atoms with E-state index in [1.807, 2.05) is 0 Å². The number of ether oxygens (including phenoxy) is 1. The van der Waals surface area contributed by atoms with Crippen LogP contribution >= 0.6 is 23.2 Å². The van der Waals surface area contributed by atoms with E-state index in [4.69, 9.17) is 23.2 Å². The van der Waals surface area contributed by atoms with E-state index in [0.717, 1.165) is 18.3 Å². The summed E-state index contributed by atoms with van der Waals surface area (Å²) < 4.78 is 57.2. The molecule has 0 fully saturated rings. The number of anilines is 1. The molecule has 0 saturated heterocycles. The van der Waals surface area contributed by atoms with Gasteiger partial charge in [-0.25, -0.2) is 17.9 Å². The van der Waals surface area contributed by atoms with Gasteiger partial charge in [-0.2, -0.15) is 13.9 Å². The van der Waals surface area contributed by atoms with E-state index in [2.05, 4.69) is 19.5 Å². The second-order valence-corrected chi connectivity index (χ2v) is 7.55. The number of fused-ring (bicyclic) bond motifs is 1. The van der Waals surface area contributed by atoms with Crippen LogP contribution in [0, 0.1) is 6.92 Å². The van der Waals surface area contributed by atoms with Gasteiger partial charge in [0.25, 0.3) is 10.0 Å². The van der Waals surface area contributed by atoms with Crippen molar-refractivity contribution in [1.29, 1.82) is 0 Å². The molecule has 26 heavy (non-hydrogen) atoms. The second-order valence-electron chi connectivity index (χ2n) is 5.09. The van der Waals surface area contributed by atoms with Gasteiger partial charge in [0.05, 0.1) is 28.8 Å². The highest BCUT2D eigenvalue weighted by Gasteiger charge is 2.19. The zero-order chi connectivity index (χ0) is 19.1. The lowest BCUT2D eigenvalue weighted by Gasteiger charge is -2.11. The van der Waals surface area contributed by atoms with Crippen LogP contribution in [0.4, 0.5) is 14.5 Å². The van der Waals surface area contributed by atoms with E-state index in [0.29, 0.717) is 16.4 Å². The second kappa shape index (κ2) is 6.86. The van der Waals surface area contributed by atoms with Crippen molar-refractivity contribution < 1.29 is 21.9 Å². The molecule has 0 bridgehead atoms. The number of aromatic nitrogens is 3. The van der Waals surface area contributed by atoms with Crippen molar-refractivity contribution in [2.24, 2.45) is 0 Å². The minimum atomic E-state index is -4.03. The number of rotatable bonds is 5. The Balaban J connectivity index is 1.90. The minimum absolute atomic E-state index is 0.0615. The zero-order valence-electron chi connectivity index (χ0n) is 13.0. The summed E-state index contributed by atoms with van der Waals surface area (Å²) in [5, 5.41) is 4.22. The van der Waals surface area contributed by atoms with Gasteiger partial charge in [0.1, 0.15) is 15.7 Å². The summed E-state index contributed by atoms with van der Waals surface area (Å²) in [5.41, 5.74) is 0.883. The number of nitrogens with zero attached hydrogens (tertiary/aromatic N) is 3. The highest BCUT2D eigenvalue weighted by molar-refractivity contribution is 7.92. The summed E-state index contributed by atoms with van der Waals surface area (Å²) in [5.74, 6) is -0.269. The minimum Gasteiger partial charge on any atom is -0.433 e. The number of halogens is 4. The third-order valence-corrected chi connectivity index (χ3v) is 5.34. The van der Waals surface area contributed by atoms with Crippen LogP contribution in [0.1, 0.15) is 5.69 Å². The molecule has 3 aromatic rings.